The molecule has 1 fully saturated rings. The Labute approximate surface area is 149 Å². The average Bonchev–Trinajstić information content (AvgIpc) is 3.29. The van der Waals surface area contributed by atoms with Gasteiger partial charge >= 0.3 is 0 Å². The zero-order valence-corrected chi connectivity index (χ0v) is 14.5. The second-order valence-corrected chi connectivity index (χ2v) is 7.76. The summed E-state index contributed by atoms with van der Waals surface area (Å²) in [5.41, 5.74) is 1.66. The summed E-state index contributed by atoms with van der Waals surface area (Å²) in [6.45, 7) is 1.33. The summed E-state index contributed by atoms with van der Waals surface area (Å²) >= 11 is 0. The summed E-state index contributed by atoms with van der Waals surface area (Å²) < 4.78 is 31.7. The van der Waals surface area contributed by atoms with Gasteiger partial charge < -0.3 is 14.7 Å². The largest absolute Gasteiger partial charge is 0.379 e. The summed E-state index contributed by atoms with van der Waals surface area (Å²) in [5, 5.41) is 2.63. The maximum absolute atomic E-state index is 12.6. The van der Waals surface area contributed by atoms with E-state index in [2.05, 4.69) is 20.3 Å². The van der Waals surface area contributed by atoms with Crippen molar-refractivity contribution in [1.82, 2.24) is 19.3 Å². The highest BCUT2D eigenvalue weighted by atomic mass is 32.2. The van der Waals surface area contributed by atoms with Crippen LogP contribution in [0.2, 0.25) is 0 Å². The van der Waals surface area contributed by atoms with E-state index in [9.17, 15) is 13.2 Å². The molecule has 0 radical (unpaired) electrons. The van der Waals surface area contributed by atoms with Gasteiger partial charge in [-0.2, -0.15) is 4.31 Å². The molecule has 1 aliphatic rings. The van der Waals surface area contributed by atoms with E-state index in [1.807, 2.05) is 24.3 Å². The number of fused-ring (bicyclic) bond motifs is 1. The quantitative estimate of drug-likeness (QED) is 0.632. The standard InChI is InChI=1S/C16H17N5O4S/c22-15(20-16-18-12-3-1-2-4-13(12)19-16)14-9-11(10-17-14)26(23,24)21-5-7-25-8-6-21/h1-4,9-10,17H,5-8H2,(H2,18,19,20,22). The fourth-order valence-corrected chi connectivity index (χ4v) is 4.18. The van der Waals surface area contributed by atoms with Crippen LogP contribution in [-0.2, 0) is 14.8 Å². The van der Waals surface area contributed by atoms with Gasteiger partial charge in [0.25, 0.3) is 5.91 Å². The summed E-state index contributed by atoms with van der Waals surface area (Å²) in [5.74, 6) is -0.184. The minimum absolute atomic E-state index is 0.0501. The van der Waals surface area contributed by atoms with Crippen LogP contribution in [0.15, 0.2) is 41.4 Å². The molecule has 0 bridgehead atoms. The number of ether oxygens (including phenoxy) is 1. The van der Waals surface area contributed by atoms with Gasteiger partial charge in [-0.05, 0) is 18.2 Å². The third-order valence-corrected chi connectivity index (χ3v) is 6.01. The van der Waals surface area contributed by atoms with Gasteiger partial charge in [-0.15, -0.1) is 0 Å². The lowest BCUT2D eigenvalue weighted by atomic mass is 10.3. The minimum Gasteiger partial charge on any atom is -0.379 e. The number of rotatable bonds is 4. The number of nitrogens with zero attached hydrogens (tertiary/aromatic N) is 2. The van der Waals surface area contributed by atoms with Gasteiger partial charge in [-0.1, -0.05) is 12.1 Å². The smallest absolute Gasteiger partial charge is 0.274 e. The lowest BCUT2D eigenvalue weighted by molar-refractivity contribution is 0.0730. The van der Waals surface area contributed by atoms with Gasteiger partial charge in [0, 0.05) is 19.3 Å². The van der Waals surface area contributed by atoms with E-state index in [4.69, 9.17) is 4.74 Å². The van der Waals surface area contributed by atoms with E-state index in [-0.39, 0.29) is 10.6 Å². The van der Waals surface area contributed by atoms with Crippen LogP contribution in [0.4, 0.5) is 5.95 Å². The molecule has 26 heavy (non-hydrogen) atoms. The lowest BCUT2D eigenvalue weighted by Crippen LogP contribution is -2.40. The molecule has 10 heteroatoms. The number of hydrogen-bond donors (Lipinski definition) is 3. The average molecular weight is 375 g/mol. The van der Waals surface area contributed by atoms with Crippen LogP contribution >= 0.6 is 0 Å². The van der Waals surface area contributed by atoms with Crippen molar-refractivity contribution in [1.29, 1.82) is 0 Å². The fraction of sp³-hybridized carbons (Fsp3) is 0.250. The second kappa shape index (κ2) is 6.56. The summed E-state index contributed by atoms with van der Waals surface area (Å²) in [6.07, 6.45) is 1.32. The van der Waals surface area contributed by atoms with E-state index < -0.39 is 15.9 Å². The van der Waals surface area contributed by atoms with Crippen molar-refractivity contribution in [2.45, 2.75) is 4.90 Å². The highest BCUT2D eigenvalue weighted by molar-refractivity contribution is 7.89. The molecule has 9 nitrogen and oxygen atoms in total. The SMILES string of the molecule is O=C(Nc1nc2ccccc2[nH]1)c1cc(S(=O)(=O)N2CCOCC2)c[nH]1. The molecule has 3 heterocycles. The zero-order chi connectivity index (χ0) is 18.1. The van der Waals surface area contributed by atoms with Gasteiger partial charge in [0.1, 0.15) is 10.6 Å². The van der Waals surface area contributed by atoms with Crippen molar-refractivity contribution in [2.75, 3.05) is 31.6 Å². The van der Waals surface area contributed by atoms with E-state index in [1.165, 1.54) is 16.6 Å². The fourth-order valence-electron chi connectivity index (χ4n) is 2.78. The number of carbonyl (C=O) groups is 1. The molecule has 1 aliphatic heterocycles. The Hall–Kier alpha value is -2.69. The van der Waals surface area contributed by atoms with E-state index >= 15 is 0 Å². The Balaban J connectivity index is 1.52. The molecule has 0 unspecified atom stereocenters. The first-order valence-corrected chi connectivity index (χ1v) is 9.50. The third kappa shape index (κ3) is 3.09. The Morgan fingerprint density at radius 1 is 1.23 bits per heavy atom. The number of imidazole rings is 1. The lowest BCUT2D eigenvalue weighted by Gasteiger charge is -2.25. The van der Waals surface area contributed by atoms with Crippen molar-refractivity contribution in [2.24, 2.45) is 0 Å². The predicted octanol–water partition coefficient (Wildman–Crippen LogP) is 1.16. The molecule has 136 valence electrons. The Morgan fingerprint density at radius 2 is 2.00 bits per heavy atom. The van der Waals surface area contributed by atoms with Crippen LogP contribution in [0, 0.1) is 0 Å². The minimum atomic E-state index is -3.65. The van der Waals surface area contributed by atoms with Crippen LogP contribution in [0.25, 0.3) is 11.0 Å². The molecule has 0 atom stereocenters. The number of morpholine rings is 1. The maximum atomic E-state index is 12.6. The molecule has 3 N–H and O–H groups in total. The van der Waals surface area contributed by atoms with Crippen LogP contribution in [0.5, 0.6) is 0 Å². The molecule has 1 aromatic carbocycles. The number of benzene rings is 1. The van der Waals surface area contributed by atoms with Crippen molar-refractivity contribution in [3.63, 3.8) is 0 Å². The highest BCUT2D eigenvalue weighted by Gasteiger charge is 2.28. The Bertz CT molecular complexity index is 1020. The number of carbonyl (C=O) groups excluding carboxylic acids is 1. The normalized spacial score (nSPS) is 16.0. The molecule has 4 rings (SSSR count). The van der Waals surface area contributed by atoms with Gasteiger partial charge in [0.05, 0.1) is 24.2 Å². The van der Waals surface area contributed by atoms with Crippen LogP contribution in [0.1, 0.15) is 10.5 Å². The molecule has 0 saturated carbocycles. The number of aromatic nitrogens is 3. The third-order valence-electron chi connectivity index (χ3n) is 4.13. The first-order chi connectivity index (χ1) is 12.5. The summed E-state index contributed by atoms with van der Waals surface area (Å²) in [6, 6.07) is 8.70. The number of anilines is 1. The first-order valence-electron chi connectivity index (χ1n) is 8.06. The van der Waals surface area contributed by atoms with Crippen LogP contribution < -0.4 is 5.32 Å². The predicted molar refractivity (Wildman–Crippen MR) is 94.4 cm³/mol. The molecule has 1 saturated heterocycles. The monoisotopic (exact) mass is 375 g/mol. The number of hydrogen-bond acceptors (Lipinski definition) is 5. The number of aromatic amines is 2. The highest BCUT2D eigenvalue weighted by Crippen LogP contribution is 2.19. The molecule has 2 aromatic heterocycles. The van der Waals surface area contributed by atoms with Crippen molar-refractivity contribution < 1.29 is 17.9 Å². The van der Waals surface area contributed by atoms with Crippen LogP contribution in [-0.4, -0.2) is 59.9 Å². The second-order valence-electron chi connectivity index (χ2n) is 5.82. The number of nitrogens with one attached hydrogen (secondary N) is 3. The van der Waals surface area contributed by atoms with Gasteiger partial charge in [-0.25, -0.2) is 13.4 Å². The molecular formula is C16H17N5O4S. The van der Waals surface area contributed by atoms with Crippen molar-refractivity contribution in [3.05, 3.63) is 42.2 Å². The number of para-hydroxylation sites is 2. The zero-order valence-electron chi connectivity index (χ0n) is 13.7. The van der Waals surface area contributed by atoms with Gasteiger partial charge in [-0.3, -0.25) is 10.1 Å². The Morgan fingerprint density at radius 3 is 2.77 bits per heavy atom. The number of sulfonamides is 1. The first kappa shape index (κ1) is 16.8. The molecule has 0 aliphatic carbocycles. The van der Waals surface area contributed by atoms with E-state index in [0.29, 0.717) is 32.3 Å². The molecule has 0 spiro atoms. The molecule has 1 amide bonds. The van der Waals surface area contributed by atoms with Crippen molar-refractivity contribution in [3.8, 4) is 0 Å². The van der Waals surface area contributed by atoms with Gasteiger partial charge in [0.2, 0.25) is 16.0 Å². The summed E-state index contributed by atoms with van der Waals surface area (Å²) in [4.78, 5) is 22.4. The van der Waals surface area contributed by atoms with Crippen LogP contribution in [0.3, 0.4) is 0 Å². The summed E-state index contributed by atoms with van der Waals surface area (Å²) in [7, 11) is -3.65. The van der Waals surface area contributed by atoms with Gasteiger partial charge in [0.15, 0.2) is 0 Å². The van der Waals surface area contributed by atoms with E-state index in [0.717, 1.165) is 11.0 Å². The Kier molecular flexibility index (Phi) is 4.23. The molecular weight excluding hydrogens is 358 g/mol. The number of H-pyrrole nitrogens is 2. The van der Waals surface area contributed by atoms with E-state index in [1.54, 1.807) is 0 Å². The topological polar surface area (TPSA) is 120 Å². The maximum Gasteiger partial charge on any atom is 0.274 e. The molecule has 3 aromatic rings. The number of amides is 1. The van der Waals surface area contributed by atoms with Crippen molar-refractivity contribution >= 4 is 32.9 Å².